The summed E-state index contributed by atoms with van der Waals surface area (Å²) < 4.78 is 39.9. The first-order chi connectivity index (χ1) is 13.3. The average Bonchev–Trinajstić information content (AvgIpc) is 2.67. The number of benzene rings is 1. The predicted octanol–water partition coefficient (Wildman–Crippen LogP) is 3.67. The van der Waals surface area contributed by atoms with Crippen LogP contribution in [0.4, 0.5) is 18.9 Å². The van der Waals surface area contributed by atoms with Gasteiger partial charge in [0.25, 0.3) is 0 Å². The van der Waals surface area contributed by atoms with Gasteiger partial charge in [0, 0.05) is 12.2 Å². The quantitative estimate of drug-likeness (QED) is 0.681. The highest BCUT2D eigenvalue weighted by Gasteiger charge is 2.21. The van der Waals surface area contributed by atoms with Gasteiger partial charge in [0.2, 0.25) is 11.8 Å². The zero-order valence-electron chi connectivity index (χ0n) is 16.2. The lowest BCUT2D eigenvalue weighted by Crippen LogP contribution is -2.41. The number of carbonyl (C=O) groups is 2. The van der Waals surface area contributed by atoms with Crippen LogP contribution in [0.15, 0.2) is 23.9 Å². The molecule has 1 aliphatic carbocycles. The summed E-state index contributed by atoms with van der Waals surface area (Å²) in [6, 6.07) is 1.69. The summed E-state index contributed by atoms with van der Waals surface area (Å²) >= 11 is 0. The van der Waals surface area contributed by atoms with Gasteiger partial charge in [-0.2, -0.15) is 0 Å². The number of nitrogens with zero attached hydrogens (tertiary/aromatic N) is 2. The molecular weight excluding hydrogens is 371 g/mol. The molecule has 0 atom stereocenters. The summed E-state index contributed by atoms with van der Waals surface area (Å²) in [5.74, 6) is -5.16. The minimum atomic E-state index is -1.64. The van der Waals surface area contributed by atoms with Crippen LogP contribution in [-0.2, 0) is 9.59 Å². The van der Waals surface area contributed by atoms with E-state index in [0.29, 0.717) is 6.54 Å². The monoisotopic (exact) mass is 397 g/mol. The summed E-state index contributed by atoms with van der Waals surface area (Å²) in [6.07, 6.45) is 6.92. The van der Waals surface area contributed by atoms with E-state index in [0.717, 1.165) is 49.9 Å². The molecule has 0 radical (unpaired) electrons. The van der Waals surface area contributed by atoms with E-state index in [1.807, 2.05) is 6.92 Å². The fraction of sp³-hybridized carbons (Fsp3) is 0.500. The molecular formula is C20H26F3N3O2. The topological polar surface area (TPSA) is 52.7 Å². The number of halogens is 3. The first kappa shape index (κ1) is 21.9. The predicted molar refractivity (Wildman–Crippen MR) is 101 cm³/mol. The van der Waals surface area contributed by atoms with Crippen LogP contribution in [0.3, 0.4) is 0 Å². The molecule has 0 aliphatic heterocycles. The van der Waals surface area contributed by atoms with Crippen LogP contribution in [-0.4, -0.2) is 48.3 Å². The number of amides is 2. The molecule has 1 aromatic rings. The maximum absolute atomic E-state index is 13.7. The van der Waals surface area contributed by atoms with Crippen molar-refractivity contribution < 1.29 is 22.8 Å². The molecule has 154 valence electrons. The van der Waals surface area contributed by atoms with Crippen molar-refractivity contribution in [2.24, 2.45) is 0 Å². The molecule has 0 saturated carbocycles. The number of allylic oxidation sites excluding steroid dienone is 2. The highest BCUT2D eigenvalue weighted by molar-refractivity contribution is 5.92. The molecule has 0 aromatic heterocycles. The minimum absolute atomic E-state index is 0.0189. The second kappa shape index (κ2) is 10.3. The van der Waals surface area contributed by atoms with Crippen LogP contribution in [0.5, 0.6) is 0 Å². The Hall–Kier alpha value is -2.35. The number of nitrogens with one attached hydrogen (secondary N) is 1. The summed E-state index contributed by atoms with van der Waals surface area (Å²) in [6.45, 7) is 2.44. The Bertz CT molecular complexity index is 752. The molecule has 0 heterocycles. The van der Waals surface area contributed by atoms with Crippen LogP contribution in [0, 0.1) is 17.5 Å². The zero-order chi connectivity index (χ0) is 20.7. The Morgan fingerprint density at radius 3 is 2.50 bits per heavy atom. The van der Waals surface area contributed by atoms with E-state index >= 15 is 0 Å². The smallest absolute Gasteiger partial charge is 0.240 e. The van der Waals surface area contributed by atoms with E-state index in [1.165, 1.54) is 4.90 Å². The number of anilines is 1. The highest BCUT2D eigenvalue weighted by atomic mass is 19.2. The maximum atomic E-state index is 13.7. The molecule has 5 nitrogen and oxygen atoms in total. The van der Waals surface area contributed by atoms with Crippen molar-refractivity contribution in [1.29, 1.82) is 0 Å². The standard InChI is InChI=1S/C20H26F3N3O2/c1-3-11-26(14-7-5-4-6-8-14)18(28)13-25(2)12-17(27)24-16-10-9-15(21)19(22)20(16)23/h7,9-10H,3-6,8,11-13H2,1-2H3,(H,24,27). The summed E-state index contributed by atoms with van der Waals surface area (Å²) in [7, 11) is 1.60. The third-order valence-corrected chi connectivity index (χ3v) is 4.49. The second-order valence-corrected chi connectivity index (χ2v) is 6.93. The van der Waals surface area contributed by atoms with Crippen molar-refractivity contribution in [2.45, 2.75) is 39.0 Å². The molecule has 1 N–H and O–H groups in total. The van der Waals surface area contributed by atoms with Crippen LogP contribution in [0.2, 0.25) is 0 Å². The first-order valence-electron chi connectivity index (χ1n) is 9.44. The third-order valence-electron chi connectivity index (χ3n) is 4.49. The van der Waals surface area contributed by atoms with Gasteiger partial charge in [0.1, 0.15) is 0 Å². The lowest BCUT2D eigenvalue weighted by molar-refractivity contribution is -0.130. The van der Waals surface area contributed by atoms with E-state index in [-0.39, 0.29) is 19.0 Å². The second-order valence-electron chi connectivity index (χ2n) is 6.93. The SMILES string of the molecule is CCCN(C(=O)CN(C)CC(=O)Nc1ccc(F)c(F)c1F)C1=CCCCC1. The van der Waals surface area contributed by atoms with Gasteiger partial charge < -0.3 is 10.2 Å². The fourth-order valence-electron chi connectivity index (χ4n) is 3.15. The molecule has 0 spiro atoms. The molecule has 0 unspecified atom stereocenters. The van der Waals surface area contributed by atoms with Crippen molar-refractivity contribution in [3.8, 4) is 0 Å². The summed E-state index contributed by atoms with van der Waals surface area (Å²) in [5.41, 5.74) is 0.586. The van der Waals surface area contributed by atoms with Crippen LogP contribution < -0.4 is 5.32 Å². The first-order valence-corrected chi connectivity index (χ1v) is 9.44. The molecule has 28 heavy (non-hydrogen) atoms. The maximum Gasteiger partial charge on any atom is 0.240 e. The van der Waals surface area contributed by atoms with Gasteiger partial charge in [-0.25, -0.2) is 13.2 Å². The van der Waals surface area contributed by atoms with Crippen molar-refractivity contribution in [3.05, 3.63) is 41.4 Å². The van der Waals surface area contributed by atoms with Crippen LogP contribution in [0.25, 0.3) is 0 Å². The van der Waals surface area contributed by atoms with Crippen molar-refractivity contribution in [2.75, 3.05) is 32.0 Å². The summed E-state index contributed by atoms with van der Waals surface area (Å²) in [5, 5.41) is 2.20. The van der Waals surface area contributed by atoms with Crippen molar-refractivity contribution >= 4 is 17.5 Å². The van der Waals surface area contributed by atoms with E-state index in [2.05, 4.69) is 11.4 Å². The Kier molecular flexibility index (Phi) is 8.04. The average molecular weight is 397 g/mol. The number of hydrogen-bond acceptors (Lipinski definition) is 3. The van der Waals surface area contributed by atoms with Gasteiger partial charge in [0.15, 0.2) is 17.5 Å². The van der Waals surface area contributed by atoms with Gasteiger partial charge in [-0.1, -0.05) is 13.0 Å². The van der Waals surface area contributed by atoms with E-state index in [9.17, 15) is 22.8 Å². The highest BCUT2D eigenvalue weighted by Crippen LogP contribution is 2.22. The Balaban J connectivity index is 1.93. The van der Waals surface area contributed by atoms with Gasteiger partial charge in [-0.15, -0.1) is 0 Å². The Morgan fingerprint density at radius 2 is 1.86 bits per heavy atom. The number of carbonyl (C=O) groups excluding carboxylic acids is 2. The van der Waals surface area contributed by atoms with Gasteiger partial charge in [-0.3, -0.25) is 14.5 Å². The van der Waals surface area contributed by atoms with Gasteiger partial charge >= 0.3 is 0 Å². The molecule has 0 bridgehead atoms. The van der Waals surface area contributed by atoms with Gasteiger partial charge in [-0.05, 0) is 51.3 Å². The molecule has 0 saturated heterocycles. The molecule has 2 rings (SSSR count). The van der Waals surface area contributed by atoms with Crippen LogP contribution >= 0.6 is 0 Å². The fourth-order valence-corrected chi connectivity index (χ4v) is 3.15. The molecule has 1 aromatic carbocycles. The van der Waals surface area contributed by atoms with E-state index in [4.69, 9.17) is 0 Å². The molecule has 8 heteroatoms. The Labute approximate surface area is 163 Å². The largest absolute Gasteiger partial charge is 0.322 e. The molecule has 0 fully saturated rings. The van der Waals surface area contributed by atoms with Crippen LogP contribution in [0.1, 0.15) is 39.0 Å². The van der Waals surface area contributed by atoms with Crippen molar-refractivity contribution in [1.82, 2.24) is 9.80 Å². The lowest BCUT2D eigenvalue weighted by Gasteiger charge is -2.29. The third kappa shape index (κ3) is 5.82. The van der Waals surface area contributed by atoms with E-state index in [1.54, 1.807) is 11.9 Å². The zero-order valence-corrected chi connectivity index (χ0v) is 16.2. The van der Waals surface area contributed by atoms with Crippen molar-refractivity contribution in [3.63, 3.8) is 0 Å². The number of likely N-dealkylation sites (N-methyl/N-ethyl adjacent to an activating group) is 1. The molecule has 2 amide bonds. The number of rotatable bonds is 8. The molecule has 1 aliphatic rings. The van der Waals surface area contributed by atoms with E-state index < -0.39 is 29.0 Å². The number of hydrogen-bond donors (Lipinski definition) is 1. The normalized spacial score (nSPS) is 14.0. The summed E-state index contributed by atoms with van der Waals surface area (Å²) in [4.78, 5) is 28.0. The Morgan fingerprint density at radius 1 is 1.11 bits per heavy atom. The lowest BCUT2D eigenvalue weighted by atomic mass is 10.0. The van der Waals surface area contributed by atoms with Gasteiger partial charge in [0.05, 0.1) is 18.8 Å². The minimum Gasteiger partial charge on any atom is -0.322 e.